The lowest BCUT2D eigenvalue weighted by Crippen LogP contribution is -2.47. The molecule has 0 saturated carbocycles. The standard InChI is InChI=1S/C17H23ClN2O4/c1-12-14(18)4-3-5-15(12)24-11-16(21)20-8-6-13(7-9-20)19(2)10-17(22)23/h3-5,13H,6-11H2,1-2H3,(H,22,23). The van der Waals surface area contributed by atoms with Crippen LogP contribution in [0.3, 0.4) is 0 Å². The van der Waals surface area contributed by atoms with E-state index in [1.165, 1.54) is 0 Å². The number of amides is 1. The maximum Gasteiger partial charge on any atom is 0.317 e. The molecule has 1 amide bonds. The highest BCUT2D eigenvalue weighted by Gasteiger charge is 2.26. The van der Waals surface area contributed by atoms with Crippen LogP contribution in [0, 0.1) is 6.92 Å². The van der Waals surface area contributed by atoms with Gasteiger partial charge in [-0.05, 0) is 38.9 Å². The molecule has 1 aliphatic heterocycles. The van der Waals surface area contributed by atoms with Crippen LogP contribution in [0.2, 0.25) is 5.02 Å². The summed E-state index contributed by atoms with van der Waals surface area (Å²) < 4.78 is 5.60. The second kappa shape index (κ2) is 8.35. The van der Waals surface area contributed by atoms with Gasteiger partial charge in [0.2, 0.25) is 0 Å². The van der Waals surface area contributed by atoms with E-state index >= 15 is 0 Å². The number of carboxylic acids is 1. The SMILES string of the molecule is Cc1c(Cl)cccc1OCC(=O)N1CCC(N(C)CC(=O)O)CC1. The minimum atomic E-state index is -0.832. The lowest BCUT2D eigenvalue weighted by molar-refractivity contribution is -0.140. The van der Waals surface area contributed by atoms with Crippen LogP contribution in [0.25, 0.3) is 0 Å². The molecule has 0 unspecified atom stereocenters. The Morgan fingerprint density at radius 2 is 2.04 bits per heavy atom. The lowest BCUT2D eigenvalue weighted by atomic mass is 10.0. The molecule has 0 spiro atoms. The molecule has 0 radical (unpaired) electrons. The maximum absolute atomic E-state index is 12.3. The number of likely N-dealkylation sites (N-methyl/N-ethyl adjacent to an activating group) is 1. The Morgan fingerprint density at radius 3 is 2.67 bits per heavy atom. The average molecular weight is 355 g/mol. The summed E-state index contributed by atoms with van der Waals surface area (Å²) >= 11 is 6.04. The Labute approximate surface area is 146 Å². The molecule has 132 valence electrons. The van der Waals surface area contributed by atoms with E-state index in [2.05, 4.69) is 0 Å². The van der Waals surface area contributed by atoms with Crippen molar-refractivity contribution in [2.24, 2.45) is 0 Å². The Balaban J connectivity index is 1.80. The van der Waals surface area contributed by atoms with Crippen molar-refractivity contribution >= 4 is 23.5 Å². The zero-order chi connectivity index (χ0) is 17.7. The average Bonchev–Trinajstić information content (AvgIpc) is 2.55. The molecule has 1 aromatic carbocycles. The molecule has 0 atom stereocenters. The number of hydrogen-bond donors (Lipinski definition) is 1. The number of benzene rings is 1. The molecule has 2 rings (SSSR count). The van der Waals surface area contributed by atoms with Gasteiger partial charge >= 0.3 is 5.97 Å². The Hall–Kier alpha value is -1.79. The van der Waals surface area contributed by atoms with Gasteiger partial charge in [-0.2, -0.15) is 0 Å². The molecule has 0 bridgehead atoms. The van der Waals surface area contributed by atoms with Crippen molar-refractivity contribution in [2.45, 2.75) is 25.8 Å². The number of ether oxygens (including phenoxy) is 1. The Kier molecular flexibility index (Phi) is 6.45. The predicted molar refractivity (Wildman–Crippen MR) is 91.6 cm³/mol. The van der Waals surface area contributed by atoms with E-state index < -0.39 is 5.97 Å². The number of carbonyl (C=O) groups is 2. The third-order valence-electron chi connectivity index (χ3n) is 4.39. The molecule has 7 heteroatoms. The minimum Gasteiger partial charge on any atom is -0.483 e. The molecular formula is C17H23ClN2O4. The van der Waals surface area contributed by atoms with Crippen LogP contribution in [-0.4, -0.2) is 66.1 Å². The fraction of sp³-hybridized carbons (Fsp3) is 0.529. The van der Waals surface area contributed by atoms with Gasteiger partial charge in [-0.1, -0.05) is 17.7 Å². The summed E-state index contributed by atoms with van der Waals surface area (Å²) in [5.74, 6) is -0.276. The molecule has 1 aliphatic rings. The molecule has 0 aliphatic carbocycles. The summed E-state index contributed by atoms with van der Waals surface area (Å²) in [5, 5.41) is 9.46. The third kappa shape index (κ3) is 4.85. The molecule has 1 aromatic rings. The largest absolute Gasteiger partial charge is 0.483 e. The molecule has 24 heavy (non-hydrogen) atoms. The summed E-state index contributed by atoms with van der Waals surface area (Å²) in [6.07, 6.45) is 1.54. The molecule has 6 nitrogen and oxygen atoms in total. The number of piperidine rings is 1. The first-order valence-electron chi connectivity index (χ1n) is 7.96. The van der Waals surface area contributed by atoms with Crippen molar-refractivity contribution in [1.82, 2.24) is 9.80 Å². The number of nitrogens with zero attached hydrogens (tertiary/aromatic N) is 2. The van der Waals surface area contributed by atoms with E-state index in [4.69, 9.17) is 21.4 Å². The summed E-state index contributed by atoms with van der Waals surface area (Å²) in [6, 6.07) is 5.56. The highest BCUT2D eigenvalue weighted by Crippen LogP contribution is 2.25. The highest BCUT2D eigenvalue weighted by molar-refractivity contribution is 6.31. The smallest absolute Gasteiger partial charge is 0.317 e. The molecular weight excluding hydrogens is 332 g/mol. The number of rotatable bonds is 6. The summed E-state index contributed by atoms with van der Waals surface area (Å²) in [4.78, 5) is 26.6. The van der Waals surface area contributed by atoms with Crippen molar-refractivity contribution in [2.75, 3.05) is 33.3 Å². The molecule has 1 fully saturated rings. The first-order valence-corrected chi connectivity index (χ1v) is 8.34. The van der Waals surface area contributed by atoms with Gasteiger partial charge in [0.25, 0.3) is 5.91 Å². The van der Waals surface area contributed by atoms with E-state index in [9.17, 15) is 9.59 Å². The van der Waals surface area contributed by atoms with Gasteiger partial charge < -0.3 is 14.7 Å². The van der Waals surface area contributed by atoms with Crippen molar-refractivity contribution in [3.8, 4) is 5.75 Å². The van der Waals surface area contributed by atoms with Crippen molar-refractivity contribution < 1.29 is 19.4 Å². The fourth-order valence-corrected chi connectivity index (χ4v) is 3.04. The zero-order valence-electron chi connectivity index (χ0n) is 14.0. The van der Waals surface area contributed by atoms with Gasteiger partial charge in [0, 0.05) is 29.7 Å². The van der Waals surface area contributed by atoms with Gasteiger partial charge in [-0.15, -0.1) is 0 Å². The van der Waals surface area contributed by atoms with E-state index in [0.717, 1.165) is 18.4 Å². The summed E-state index contributed by atoms with van der Waals surface area (Å²) in [7, 11) is 1.81. The second-order valence-electron chi connectivity index (χ2n) is 6.07. The van der Waals surface area contributed by atoms with Crippen LogP contribution in [0.5, 0.6) is 5.75 Å². The topological polar surface area (TPSA) is 70.1 Å². The molecule has 1 N–H and O–H groups in total. The molecule has 0 aromatic heterocycles. The van der Waals surface area contributed by atoms with Crippen molar-refractivity contribution in [3.05, 3.63) is 28.8 Å². The number of aliphatic carboxylic acids is 1. The summed E-state index contributed by atoms with van der Waals surface area (Å²) in [5.41, 5.74) is 0.820. The Bertz CT molecular complexity index is 600. The predicted octanol–water partition coefficient (Wildman–Crippen LogP) is 2.03. The molecule has 1 saturated heterocycles. The number of carbonyl (C=O) groups excluding carboxylic acids is 1. The van der Waals surface area contributed by atoms with Crippen LogP contribution in [0.4, 0.5) is 0 Å². The summed E-state index contributed by atoms with van der Waals surface area (Å²) in [6.45, 7) is 3.09. The minimum absolute atomic E-state index is 0.0170. The monoisotopic (exact) mass is 354 g/mol. The van der Waals surface area contributed by atoms with Gasteiger partial charge in [0.1, 0.15) is 5.75 Å². The normalized spacial score (nSPS) is 15.6. The van der Waals surface area contributed by atoms with Gasteiger partial charge in [0.15, 0.2) is 6.61 Å². The van der Waals surface area contributed by atoms with Crippen LogP contribution >= 0.6 is 11.6 Å². The number of carboxylic acid groups (broad SMARTS) is 1. The van der Waals surface area contributed by atoms with Gasteiger partial charge in [-0.3, -0.25) is 14.5 Å². The third-order valence-corrected chi connectivity index (χ3v) is 4.80. The van der Waals surface area contributed by atoms with Crippen LogP contribution in [-0.2, 0) is 9.59 Å². The zero-order valence-corrected chi connectivity index (χ0v) is 14.8. The number of hydrogen-bond acceptors (Lipinski definition) is 4. The van der Waals surface area contributed by atoms with Crippen molar-refractivity contribution in [1.29, 1.82) is 0 Å². The van der Waals surface area contributed by atoms with E-state index in [1.807, 2.05) is 11.8 Å². The van der Waals surface area contributed by atoms with E-state index in [-0.39, 0.29) is 25.1 Å². The van der Waals surface area contributed by atoms with E-state index in [1.54, 1.807) is 30.1 Å². The van der Waals surface area contributed by atoms with E-state index in [0.29, 0.717) is 23.9 Å². The number of likely N-dealkylation sites (tertiary alicyclic amines) is 1. The van der Waals surface area contributed by atoms with Crippen LogP contribution in [0.1, 0.15) is 18.4 Å². The fourth-order valence-electron chi connectivity index (χ4n) is 2.87. The lowest BCUT2D eigenvalue weighted by Gasteiger charge is -2.36. The van der Waals surface area contributed by atoms with Gasteiger partial charge in [0.05, 0.1) is 6.54 Å². The second-order valence-corrected chi connectivity index (χ2v) is 6.48. The Morgan fingerprint density at radius 1 is 1.38 bits per heavy atom. The maximum atomic E-state index is 12.3. The molecule has 1 heterocycles. The van der Waals surface area contributed by atoms with Crippen LogP contribution in [0.15, 0.2) is 18.2 Å². The first-order chi connectivity index (χ1) is 11.4. The van der Waals surface area contributed by atoms with Gasteiger partial charge in [-0.25, -0.2) is 0 Å². The van der Waals surface area contributed by atoms with Crippen molar-refractivity contribution in [3.63, 3.8) is 0 Å². The quantitative estimate of drug-likeness (QED) is 0.846. The highest BCUT2D eigenvalue weighted by atomic mass is 35.5. The van der Waals surface area contributed by atoms with Crippen LogP contribution < -0.4 is 4.74 Å². The number of halogens is 1. The first kappa shape index (κ1) is 18.5.